The van der Waals surface area contributed by atoms with Gasteiger partial charge in [-0.25, -0.2) is 12.8 Å². The number of carbonyl (C=O) groups is 1. The molecule has 1 aliphatic heterocycles. The summed E-state index contributed by atoms with van der Waals surface area (Å²) in [5.41, 5.74) is 0.563. The average molecular weight is 408 g/mol. The van der Waals surface area contributed by atoms with Crippen molar-refractivity contribution < 1.29 is 27.5 Å². The van der Waals surface area contributed by atoms with Crippen molar-refractivity contribution in [3.05, 3.63) is 34.1 Å². The predicted octanol–water partition coefficient (Wildman–Crippen LogP) is 2.36. The summed E-state index contributed by atoms with van der Waals surface area (Å²) in [7, 11) is -3.86. The lowest BCUT2D eigenvalue weighted by Gasteiger charge is -2.24. The second-order valence-electron chi connectivity index (χ2n) is 5.61. The van der Waals surface area contributed by atoms with Gasteiger partial charge in [0.2, 0.25) is 0 Å². The quantitative estimate of drug-likeness (QED) is 0.808. The maximum atomic E-state index is 13.9. The van der Waals surface area contributed by atoms with E-state index in [1.165, 1.54) is 12.1 Å². The van der Waals surface area contributed by atoms with Crippen LogP contribution in [0.25, 0.3) is 0 Å². The molecule has 0 fully saturated rings. The van der Waals surface area contributed by atoms with E-state index in [-0.39, 0.29) is 18.4 Å². The van der Waals surface area contributed by atoms with Crippen LogP contribution in [0.15, 0.2) is 27.8 Å². The van der Waals surface area contributed by atoms with Crippen LogP contribution in [0.3, 0.4) is 0 Å². The van der Waals surface area contributed by atoms with Crippen LogP contribution in [-0.4, -0.2) is 42.3 Å². The number of aliphatic carboxylic acids is 1. The highest BCUT2D eigenvalue weighted by atomic mass is 79.9. The zero-order valence-corrected chi connectivity index (χ0v) is 14.8. The summed E-state index contributed by atoms with van der Waals surface area (Å²) in [5, 5.41) is 13.0. The average Bonchev–Trinajstić information content (AvgIpc) is 2.85. The minimum atomic E-state index is -3.86. The molecule has 2 rings (SSSR count). The molecule has 1 aromatic carbocycles. The molecule has 126 valence electrons. The SMILES string of the molecule is CC(C[C@@H]1CC(c2ccc(Br)cc2F)=NO1)(C(=O)O)S(C)(=O)=O. The monoisotopic (exact) mass is 407 g/mol. The van der Waals surface area contributed by atoms with Gasteiger partial charge in [-0.15, -0.1) is 0 Å². The van der Waals surface area contributed by atoms with Crippen LogP contribution < -0.4 is 0 Å². The zero-order valence-electron chi connectivity index (χ0n) is 12.4. The first kappa shape index (κ1) is 17.9. The summed E-state index contributed by atoms with van der Waals surface area (Å²) in [5.74, 6) is -1.95. The number of carboxylic acid groups (broad SMARTS) is 1. The van der Waals surface area contributed by atoms with Gasteiger partial charge in [0.1, 0.15) is 11.9 Å². The normalized spacial score (nSPS) is 20.5. The molecule has 0 saturated carbocycles. The Labute approximate surface area is 141 Å². The van der Waals surface area contributed by atoms with Gasteiger partial charge in [0, 0.05) is 29.1 Å². The second kappa shape index (κ2) is 6.20. The van der Waals surface area contributed by atoms with E-state index >= 15 is 0 Å². The summed E-state index contributed by atoms with van der Waals surface area (Å²) in [4.78, 5) is 16.5. The number of benzene rings is 1. The molecule has 1 N–H and O–H groups in total. The van der Waals surface area contributed by atoms with Crippen molar-refractivity contribution in [1.82, 2.24) is 0 Å². The van der Waals surface area contributed by atoms with Crippen LogP contribution in [-0.2, 0) is 19.5 Å². The van der Waals surface area contributed by atoms with Gasteiger partial charge < -0.3 is 9.94 Å². The Morgan fingerprint density at radius 1 is 1.57 bits per heavy atom. The van der Waals surface area contributed by atoms with Crippen molar-refractivity contribution in [3.8, 4) is 0 Å². The Hall–Kier alpha value is -1.48. The molecule has 0 aromatic heterocycles. The molecule has 6 nitrogen and oxygen atoms in total. The fourth-order valence-electron chi connectivity index (χ4n) is 2.25. The standard InChI is InChI=1S/C14H15BrFNO5S/c1-14(13(18)19,23(2,20)21)7-9-6-12(17-22-9)10-4-3-8(15)5-11(10)16/h3-5,9H,6-7H2,1-2H3,(H,18,19)/t9-,14?/m0/s1. The van der Waals surface area contributed by atoms with Crippen molar-refractivity contribution in [2.24, 2.45) is 5.16 Å². The van der Waals surface area contributed by atoms with E-state index < -0.39 is 32.5 Å². The van der Waals surface area contributed by atoms with E-state index in [9.17, 15) is 22.7 Å². The van der Waals surface area contributed by atoms with E-state index in [1.807, 2.05) is 0 Å². The minimum Gasteiger partial charge on any atom is -0.480 e. The lowest BCUT2D eigenvalue weighted by molar-refractivity contribution is -0.140. The summed E-state index contributed by atoms with van der Waals surface area (Å²) in [6, 6.07) is 4.45. The number of rotatable bonds is 5. The van der Waals surface area contributed by atoms with Gasteiger partial charge in [0.25, 0.3) is 0 Å². The Balaban J connectivity index is 2.17. The van der Waals surface area contributed by atoms with Crippen molar-refractivity contribution >= 4 is 37.4 Å². The minimum absolute atomic E-state index is 0.136. The maximum absolute atomic E-state index is 13.9. The van der Waals surface area contributed by atoms with Crippen LogP contribution in [0.2, 0.25) is 0 Å². The first-order valence-corrected chi connectivity index (χ1v) is 9.34. The third-order valence-corrected chi connectivity index (χ3v) is 6.33. The highest BCUT2D eigenvalue weighted by molar-refractivity contribution is 9.10. The number of oxime groups is 1. The topological polar surface area (TPSA) is 93.0 Å². The molecule has 0 bridgehead atoms. The van der Waals surface area contributed by atoms with Gasteiger partial charge in [0.15, 0.2) is 14.6 Å². The number of nitrogens with zero attached hydrogens (tertiary/aromatic N) is 1. The third kappa shape index (κ3) is 3.55. The molecule has 0 saturated heterocycles. The summed E-state index contributed by atoms with van der Waals surface area (Å²) in [6.07, 6.45) is -0.0148. The van der Waals surface area contributed by atoms with E-state index in [4.69, 9.17) is 4.84 Å². The van der Waals surface area contributed by atoms with Crippen molar-refractivity contribution in [2.75, 3.05) is 6.26 Å². The smallest absolute Gasteiger partial charge is 0.324 e. The third-order valence-electron chi connectivity index (χ3n) is 3.86. The van der Waals surface area contributed by atoms with E-state index in [1.54, 1.807) is 6.07 Å². The molecule has 1 aromatic rings. The zero-order chi connectivity index (χ0) is 17.4. The van der Waals surface area contributed by atoms with E-state index in [0.717, 1.165) is 13.2 Å². The molecular formula is C14H15BrFNO5S. The molecule has 0 radical (unpaired) electrons. The molecule has 2 atom stereocenters. The van der Waals surface area contributed by atoms with E-state index in [0.29, 0.717) is 10.2 Å². The Bertz CT molecular complexity index is 779. The summed E-state index contributed by atoms with van der Waals surface area (Å²) < 4.78 is 36.1. The maximum Gasteiger partial charge on any atom is 0.324 e. The second-order valence-corrected chi connectivity index (χ2v) is 8.97. The molecule has 1 heterocycles. The highest BCUT2D eigenvalue weighted by Crippen LogP contribution is 2.30. The van der Waals surface area contributed by atoms with Crippen molar-refractivity contribution in [2.45, 2.75) is 30.6 Å². The molecule has 0 spiro atoms. The van der Waals surface area contributed by atoms with Crippen LogP contribution in [0, 0.1) is 5.82 Å². The van der Waals surface area contributed by atoms with Crippen molar-refractivity contribution in [3.63, 3.8) is 0 Å². The number of hydrogen-bond acceptors (Lipinski definition) is 5. The van der Waals surface area contributed by atoms with Crippen molar-refractivity contribution in [1.29, 1.82) is 0 Å². The first-order chi connectivity index (χ1) is 10.5. The molecule has 1 aliphatic rings. The van der Waals surface area contributed by atoms with E-state index in [2.05, 4.69) is 21.1 Å². The van der Waals surface area contributed by atoms with Gasteiger partial charge in [-0.1, -0.05) is 21.1 Å². The lowest BCUT2D eigenvalue weighted by atomic mass is 9.97. The highest BCUT2D eigenvalue weighted by Gasteiger charge is 2.47. The van der Waals surface area contributed by atoms with Gasteiger partial charge in [0.05, 0.1) is 5.71 Å². The fourth-order valence-corrected chi connectivity index (χ4v) is 3.39. The number of sulfone groups is 1. The van der Waals surface area contributed by atoms with Crippen LogP contribution in [0.1, 0.15) is 25.3 Å². The molecule has 23 heavy (non-hydrogen) atoms. The van der Waals surface area contributed by atoms with Gasteiger partial charge in [-0.05, 0) is 25.1 Å². The molecular weight excluding hydrogens is 393 g/mol. The summed E-state index contributed by atoms with van der Waals surface area (Å²) >= 11 is 3.15. The fraction of sp³-hybridized carbons (Fsp3) is 0.429. The largest absolute Gasteiger partial charge is 0.480 e. The number of halogens is 2. The number of carboxylic acids is 1. The van der Waals surface area contributed by atoms with Gasteiger partial charge in [-0.2, -0.15) is 0 Å². The summed E-state index contributed by atoms with van der Waals surface area (Å²) in [6.45, 7) is 1.13. The molecule has 0 amide bonds. The predicted molar refractivity (Wildman–Crippen MR) is 85.6 cm³/mol. The van der Waals surface area contributed by atoms with Crippen LogP contribution >= 0.6 is 15.9 Å². The lowest BCUT2D eigenvalue weighted by Crippen LogP contribution is -2.45. The van der Waals surface area contributed by atoms with Crippen LogP contribution in [0.4, 0.5) is 4.39 Å². The molecule has 1 unspecified atom stereocenters. The van der Waals surface area contributed by atoms with Gasteiger partial charge in [-0.3, -0.25) is 4.79 Å². The Kier molecular flexibility index (Phi) is 4.81. The number of hydrogen-bond donors (Lipinski definition) is 1. The molecule has 0 aliphatic carbocycles. The Morgan fingerprint density at radius 2 is 2.22 bits per heavy atom. The van der Waals surface area contributed by atoms with Crippen LogP contribution in [0.5, 0.6) is 0 Å². The first-order valence-electron chi connectivity index (χ1n) is 6.65. The molecule has 9 heteroatoms. The Morgan fingerprint density at radius 3 is 2.74 bits per heavy atom. The van der Waals surface area contributed by atoms with Gasteiger partial charge >= 0.3 is 5.97 Å².